The Bertz CT molecular complexity index is 1080. The fourth-order valence-electron chi connectivity index (χ4n) is 3.26. The Hall–Kier alpha value is -3.36. The second-order valence-electron chi connectivity index (χ2n) is 6.63. The van der Waals surface area contributed by atoms with Crippen LogP contribution < -0.4 is 5.56 Å². The highest BCUT2D eigenvalue weighted by Gasteiger charge is 2.13. The summed E-state index contributed by atoms with van der Waals surface area (Å²) in [6.07, 6.45) is 0.331. The van der Waals surface area contributed by atoms with Gasteiger partial charge in [0.15, 0.2) is 0 Å². The third kappa shape index (κ3) is 3.98. The van der Waals surface area contributed by atoms with Gasteiger partial charge in [-0.1, -0.05) is 42.5 Å². The van der Waals surface area contributed by atoms with Crippen molar-refractivity contribution >= 4 is 0 Å². The highest BCUT2D eigenvalue weighted by atomic mass is 16.5. The molecule has 0 unspecified atom stereocenters. The summed E-state index contributed by atoms with van der Waals surface area (Å²) >= 11 is 0. The van der Waals surface area contributed by atoms with Crippen LogP contribution in [0.2, 0.25) is 0 Å². The molecule has 0 atom stereocenters. The molecule has 0 aliphatic carbocycles. The molecular formula is C23H22N2O3. The summed E-state index contributed by atoms with van der Waals surface area (Å²) in [5.41, 5.74) is 4.20. The number of methoxy groups -OCH3 is 1. The van der Waals surface area contributed by atoms with Crippen molar-refractivity contribution < 1.29 is 9.84 Å². The van der Waals surface area contributed by atoms with Gasteiger partial charge in [-0.05, 0) is 35.7 Å². The maximum atomic E-state index is 12.8. The van der Waals surface area contributed by atoms with E-state index in [1.54, 1.807) is 30.7 Å². The molecule has 0 fully saturated rings. The number of hydrogen-bond acceptors (Lipinski definition) is 4. The van der Waals surface area contributed by atoms with E-state index in [1.807, 2.05) is 42.5 Å². The summed E-state index contributed by atoms with van der Waals surface area (Å²) in [5, 5.41) is 19.6. The fraction of sp³-hybridized carbons (Fsp3) is 0.217. The molecule has 28 heavy (non-hydrogen) atoms. The molecule has 5 heteroatoms. The fourth-order valence-corrected chi connectivity index (χ4v) is 3.26. The van der Waals surface area contributed by atoms with Gasteiger partial charge in [-0.3, -0.25) is 4.79 Å². The molecule has 0 saturated heterocycles. The zero-order chi connectivity index (χ0) is 20.1. The number of hydrogen-bond donors (Lipinski definition) is 1. The van der Waals surface area contributed by atoms with Crippen LogP contribution >= 0.6 is 0 Å². The van der Waals surface area contributed by atoms with Gasteiger partial charge < -0.3 is 14.4 Å². The van der Waals surface area contributed by atoms with Crippen molar-refractivity contribution in [3.63, 3.8) is 0 Å². The number of nitrogens with zero attached hydrogens (tertiary/aromatic N) is 2. The molecule has 3 aromatic rings. The first-order valence-electron chi connectivity index (χ1n) is 9.04. The van der Waals surface area contributed by atoms with Crippen LogP contribution in [0, 0.1) is 18.3 Å². The van der Waals surface area contributed by atoms with Gasteiger partial charge in [0.1, 0.15) is 5.75 Å². The molecule has 0 bridgehead atoms. The number of benzene rings is 2. The summed E-state index contributed by atoms with van der Waals surface area (Å²) < 4.78 is 6.69. The lowest BCUT2D eigenvalue weighted by molar-refractivity contribution is 0.185. The van der Waals surface area contributed by atoms with Crippen molar-refractivity contribution in [2.45, 2.75) is 19.9 Å². The largest absolute Gasteiger partial charge is 0.507 e. The summed E-state index contributed by atoms with van der Waals surface area (Å²) in [6, 6.07) is 19.0. The maximum absolute atomic E-state index is 12.8. The van der Waals surface area contributed by atoms with E-state index in [2.05, 4.69) is 6.07 Å². The van der Waals surface area contributed by atoms with Gasteiger partial charge >= 0.3 is 0 Å². The van der Waals surface area contributed by atoms with Gasteiger partial charge in [0.25, 0.3) is 5.56 Å². The Morgan fingerprint density at radius 3 is 2.54 bits per heavy atom. The van der Waals surface area contributed by atoms with Gasteiger partial charge in [-0.15, -0.1) is 0 Å². The molecular weight excluding hydrogens is 352 g/mol. The van der Waals surface area contributed by atoms with Crippen LogP contribution in [0.4, 0.5) is 0 Å². The van der Waals surface area contributed by atoms with Crippen molar-refractivity contribution in [1.82, 2.24) is 4.57 Å². The van der Waals surface area contributed by atoms with Crippen LogP contribution in [0.3, 0.4) is 0 Å². The van der Waals surface area contributed by atoms with Crippen molar-refractivity contribution in [1.29, 1.82) is 5.26 Å². The molecule has 0 saturated carbocycles. The van der Waals surface area contributed by atoms with E-state index in [0.717, 1.165) is 16.7 Å². The Morgan fingerprint density at radius 1 is 1.14 bits per heavy atom. The smallest absolute Gasteiger partial charge is 0.258 e. The monoisotopic (exact) mass is 374 g/mol. The topological polar surface area (TPSA) is 75.2 Å². The highest BCUT2D eigenvalue weighted by molar-refractivity contribution is 5.70. The molecule has 2 aromatic carbocycles. The number of nitriles is 1. The van der Waals surface area contributed by atoms with Crippen LogP contribution in [-0.2, 0) is 17.7 Å². The molecule has 0 spiro atoms. The zero-order valence-corrected chi connectivity index (χ0v) is 16.0. The van der Waals surface area contributed by atoms with Gasteiger partial charge in [-0.25, -0.2) is 0 Å². The van der Waals surface area contributed by atoms with Crippen LogP contribution in [0.1, 0.15) is 22.4 Å². The van der Waals surface area contributed by atoms with E-state index in [9.17, 15) is 15.2 Å². The first-order chi connectivity index (χ1) is 13.5. The Morgan fingerprint density at radius 2 is 1.86 bits per heavy atom. The van der Waals surface area contributed by atoms with Crippen molar-refractivity contribution in [2.75, 3.05) is 13.7 Å². The number of aryl methyl sites for hydroxylation is 1. The first kappa shape index (κ1) is 19.4. The quantitative estimate of drug-likeness (QED) is 0.715. The van der Waals surface area contributed by atoms with Crippen LogP contribution in [-0.4, -0.2) is 23.4 Å². The maximum Gasteiger partial charge on any atom is 0.258 e. The second kappa shape index (κ2) is 8.55. The minimum absolute atomic E-state index is 0.00932. The molecule has 142 valence electrons. The Labute approximate surface area is 164 Å². The van der Waals surface area contributed by atoms with Crippen LogP contribution in [0.25, 0.3) is 11.1 Å². The molecule has 0 aliphatic rings. The van der Waals surface area contributed by atoms with E-state index in [-0.39, 0.29) is 11.3 Å². The van der Waals surface area contributed by atoms with E-state index in [0.29, 0.717) is 36.4 Å². The molecule has 5 nitrogen and oxygen atoms in total. The van der Waals surface area contributed by atoms with E-state index in [1.165, 1.54) is 0 Å². The van der Waals surface area contributed by atoms with Crippen molar-refractivity contribution in [3.05, 3.63) is 87.3 Å². The Balaban J connectivity index is 1.91. The lowest BCUT2D eigenvalue weighted by atomic mass is 9.97. The standard InChI is InChI=1S/C23H22N2O3/c1-16-13-22(26)21(23(27)25(16)11-12-28-2)14-17-7-9-18(10-8-17)20-6-4-3-5-19(20)15-24/h3-10,13,26H,11-12,14H2,1-2H3. The van der Waals surface area contributed by atoms with Gasteiger partial charge in [0.05, 0.1) is 23.8 Å². The van der Waals surface area contributed by atoms with Gasteiger partial charge in [0, 0.05) is 25.8 Å². The van der Waals surface area contributed by atoms with Gasteiger partial charge in [-0.2, -0.15) is 5.26 Å². The predicted molar refractivity (Wildman–Crippen MR) is 108 cm³/mol. The van der Waals surface area contributed by atoms with E-state index >= 15 is 0 Å². The van der Waals surface area contributed by atoms with Gasteiger partial charge in [0.2, 0.25) is 0 Å². The zero-order valence-electron chi connectivity index (χ0n) is 16.0. The molecule has 1 aromatic heterocycles. The minimum atomic E-state index is -0.201. The predicted octanol–water partition coefficient (Wildman–Crippen LogP) is 3.64. The summed E-state index contributed by atoms with van der Waals surface area (Å²) in [6.45, 7) is 2.66. The van der Waals surface area contributed by atoms with Crippen LogP contribution in [0.5, 0.6) is 5.75 Å². The molecule has 3 rings (SSSR count). The average molecular weight is 374 g/mol. The van der Waals surface area contributed by atoms with E-state index < -0.39 is 0 Å². The number of aromatic nitrogens is 1. The van der Waals surface area contributed by atoms with E-state index in [4.69, 9.17) is 4.74 Å². The summed E-state index contributed by atoms with van der Waals surface area (Å²) in [4.78, 5) is 12.8. The third-order valence-electron chi connectivity index (χ3n) is 4.80. The number of aromatic hydroxyl groups is 1. The number of ether oxygens (including phenoxy) is 1. The second-order valence-corrected chi connectivity index (χ2v) is 6.63. The first-order valence-corrected chi connectivity index (χ1v) is 9.04. The van der Waals surface area contributed by atoms with Crippen LogP contribution in [0.15, 0.2) is 59.4 Å². The normalized spacial score (nSPS) is 10.6. The van der Waals surface area contributed by atoms with Crippen molar-refractivity contribution in [2.24, 2.45) is 0 Å². The highest BCUT2D eigenvalue weighted by Crippen LogP contribution is 2.25. The lowest BCUT2D eigenvalue weighted by Crippen LogP contribution is -2.27. The lowest BCUT2D eigenvalue weighted by Gasteiger charge is -2.13. The van der Waals surface area contributed by atoms with Crippen molar-refractivity contribution in [3.8, 4) is 22.9 Å². The number of rotatable bonds is 6. The average Bonchev–Trinajstić information content (AvgIpc) is 2.71. The molecule has 1 heterocycles. The Kier molecular flexibility index (Phi) is 5.93. The SMILES string of the molecule is COCCn1c(C)cc(O)c(Cc2ccc(-c3ccccc3C#N)cc2)c1=O. The molecule has 0 amide bonds. The third-order valence-corrected chi connectivity index (χ3v) is 4.80. The molecule has 0 radical (unpaired) electrons. The summed E-state index contributed by atoms with van der Waals surface area (Å²) in [7, 11) is 1.59. The molecule has 1 N–H and O–H groups in total. The summed E-state index contributed by atoms with van der Waals surface area (Å²) in [5.74, 6) is 0.00932. The number of pyridine rings is 1. The minimum Gasteiger partial charge on any atom is -0.507 e. The molecule has 0 aliphatic heterocycles.